The SMILES string of the molecule is COc1cc(/C=N\N2C(=O)[C@H]3[C@H](C2=O)[C@@H]2C=C[C@@H]3CC2)cc(Br)c1OCc1ccc(Cl)cc1. The normalized spacial score (nSPS) is 25.7. The zero-order valence-electron chi connectivity index (χ0n) is 17.9. The number of fused-ring (bicyclic) bond motifs is 1. The fourth-order valence-corrected chi connectivity index (χ4v) is 5.69. The molecule has 3 aliphatic carbocycles. The van der Waals surface area contributed by atoms with Gasteiger partial charge in [0.15, 0.2) is 11.5 Å². The predicted octanol–water partition coefficient (Wildman–Crippen LogP) is 5.22. The van der Waals surface area contributed by atoms with Crippen LogP contribution in [0.5, 0.6) is 11.5 Å². The van der Waals surface area contributed by atoms with Gasteiger partial charge in [-0.1, -0.05) is 35.9 Å². The van der Waals surface area contributed by atoms with E-state index in [-0.39, 0.29) is 35.5 Å². The van der Waals surface area contributed by atoms with Gasteiger partial charge in [0, 0.05) is 5.02 Å². The summed E-state index contributed by atoms with van der Waals surface area (Å²) in [5.41, 5.74) is 1.64. The first-order valence-electron chi connectivity index (χ1n) is 10.8. The maximum Gasteiger partial charge on any atom is 0.254 e. The molecule has 170 valence electrons. The number of halogens is 2. The molecule has 6 rings (SSSR count). The van der Waals surface area contributed by atoms with Gasteiger partial charge < -0.3 is 9.47 Å². The zero-order valence-corrected chi connectivity index (χ0v) is 20.3. The lowest BCUT2D eigenvalue weighted by molar-refractivity contribution is -0.140. The van der Waals surface area contributed by atoms with Crippen LogP contribution in [0.3, 0.4) is 0 Å². The summed E-state index contributed by atoms with van der Waals surface area (Å²) in [6.45, 7) is 0.343. The quantitative estimate of drug-likeness (QED) is 0.292. The molecule has 2 aromatic rings. The Bertz CT molecular complexity index is 1130. The summed E-state index contributed by atoms with van der Waals surface area (Å²) in [6.07, 6.45) is 7.62. The van der Waals surface area contributed by atoms with E-state index in [1.54, 1.807) is 13.2 Å². The first kappa shape index (κ1) is 22.2. The predicted molar refractivity (Wildman–Crippen MR) is 128 cm³/mol. The minimum atomic E-state index is -0.275. The van der Waals surface area contributed by atoms with Gasteiger partial charge in [0.25, 0.3) is 11.8 Å². The van der Waals surface area contributed by atoms with Crippen molar-refractivity contribution in [1.29, 1.82) is 0 Å². The number of hydrogen-bond donors (Lipinski definition) is 0. The van der Waals surface area contributed by atoms with E-state index >= 15 is 0 Å². The molecule has 8 heteroatoms. The lowest BCUT2D eigenvalue weighted by Gasteiger charge is -2.37. The number of ether oxygens (including phenoxy) is 2. The van der Waals surface area contributed by atoms with Crippen LogP contribution in [-0.4, -0.2) is 30.1 Å². The van der Waals surface area contributed by atoms with E-state index in [9.17, 15) is 9.59 Å². The number of hydrazone groups is 1. The molecule has 0 aromatic heterocycles. The van der Waals surface area contributed by atoms with Crippen LogP contribution < -0.4 is 9.47 Å². The molecule has 2 aromatic carbocycles. The highest BCUT2D eigenvalue weighted by molar-refractivity contribution is 9.10. The van der Waals surface area contributed by atoms with Crippen molar-refractivity contribution in [2.24, 2.45) is 28.8 Å². The number of rotatable bonds is 6. The third kappa shape index (κ3) is 4.08. The van der Waals surface area contributed by atoms with Crippen LogP contribution in [-0.2, 0) is 16.2 Å². The van der Waals surface area contributed by atoms with E-state index in [4.69, 9.17) is 21.1 Å². The molecule has 2 amide bonds. The van der Waals surface area contributed by atoms with Gasteiger partial charge in [-0.05, 0) is 76.0 Å². The summed E-state index contributed by atoms with van der Waals surface area (Å²) < 4.78 is 12.1. The van der Waals surface area contributed by atoms with Crippen molar-refractivity contribution in [3.05, 3.63) is 69.2 Å². The Kier molecular flexibility index (Phi) is 6.01. The number of nitrogens with zero attached hydrogens (tertiary/aromatic N) is 2. The van der Waals surface area contributed by atoms with Crippen molar-refractivity contribution in [3.8, 4) is 11.5 Å². The van der Waals surface area contributed by atoms with E-state index in [0.717, 1.165) is 23.4 Å². The number of benzene rings is 2. The van der Waals surface area contributed by atoms with E-state index in [1.165, 1.54) is 6.21 Å². The standard InChI is InChI=1S/C25H22BrClN2O4/c1-32-20-11-15(10-19(26)23(20)33-13-14-2-8-18(27)9-3-14)12-28-29-24(30)21-16-4-5-17(7-6-16)22(21)25(29)31/h2-5,8-12,16-17,21-22H,6-7,13H2,1H3/b28-12-/t16-,17-,21-,22-/m1/s1. The summed E-state index contributed by atoms with van der Waals surface area (Å²) in [6, 6.07) is 11.0. The fourth-order valence-electron chi connectivity index (χ4n) is 4.99. The summed E-state index contributed by atoms with van der Waals surface area (Å²) in [7, 11) is 1.55. The highest BCUT2D eigenvalue weighted by atomic mass is 79.9. The van der Waals surface area contributed by atoms with Crippen molar-refractivity contribution in [3.63, 3.8) is 0 Å². The van der Waals surface area contributed by atoms with Gasteiger partial charge in [0.05, 0.1) is 29.6 Å². The molecule has 0 radical (unpaired) electrons. The zero-order chi connectivity index (χ0) is 23.1. The van der Waals surface area contributed by atoms with Crippen LogP contribution in [0, 0.1) is 23.7 Å². The molecule has 0 unspecified atom stereocenters. The molecule has 2 fully saturated rings. The van der Waals surface area contributed by atoms with E-state index in [2.05, 4.69) is 33.2 Å². The van der Waals surface area contributed by atoms with Crippen LogP contribution in [0.15, 0.2) is 58.1 Å². The number of carbonyl (C=O) groups excluding carboxylic acids is 2. The fraction of sp³-hybridized carbons (Fsp3) is 0.320. The van der Waals surface area contributed by atoms with Gasteiger partial charge in [-0.15, -0.1) is 0 Å². The minimum absolute atomic E-state index is 0.142. The second-order valence-corrected chi connectivity index (χ2v) is 9.81. The smallest absolute Gasteiger partial charge is 0.254 e. The summed E-state index contributed by atoms with van der Waals surface area (Å²) in [5, 5.41) is 6.00. The summed E-state index contributed by atoms with van der Waals surface area (Å²) in [4.78, 5) is 25.9. The Hall–Kier alpha value is -2.64. The molecule has 33 heavy (non-hydrogen) atoms. The number of amides is 2. The molecule has 0 N–H and O–H groups in total. The third-order valence-corrected chi connectivity index (χ3v) is 7.45. The van der Waals surface area contributed by atoms with Gasteiger partial charge in [-0.25, -0.2) is 0 Å². The molecule has 2 bridgehead atoms. The van der Waals surface area contributed by atoms with Crippen molar-refractivity contribution >= 4 is 45.6 Å². The van der Waals surface area contributed by atoms with Gasteiger partial charge in [-0.2, -0.15) is 10.1 Å². The van der Waals surface area contributed by atoms with E-state index in [1.807, 2.05) is 30.3 Å². The van der Waals surface area contributed by atoms with Crippen LogP contribution in [0.4, 0.5) is 0 Å². The van der Waals surface area contributed by atoms with Crippen LogP contribution >= 0.6 is 27.5 Å². The highest BCUT2D eigenvalue weighted by Crippen LogP contribution is 2.49. The number of imide groups is 1. The highest BCUT2D eigenvalue weighted by Gasteiger charge is 2.56. The van der Waals surface area contributed by atoms with Crippen LogP contribution in [0.1, 0.15) is 24.0 Å². The topological polar surface area (TPSA) is 68.2 Å². The average Bonchev–Trinajstić information content (AvgIpc) is 3.10. The Balaban J connectivity index is 1.34. The number of carbonyl (C=O) groups is 2. The van der Waals surface area contributed by atoms with Crippen molar-refractivity contribution in [1.82, 2.24) is 5.01 Å². The van der Waals surface area contributed by atoms with Crippen molar-refractivity contribution in [2.75, 3.05) is 7.11 Å². The molecule has 6 nitrogen and oxygen atoms in total. The number of allylic oxidation sites excluding steroid dienone is 2. The second kappa shape index (κ2) is 8.95. The van der Waals surface area contributed by atoms with E-state index < -0.39 is 0 Å². The largest absolute Gasteiger partial charge is 0.493 e. The number of methoxy groups -OCH3 is 1. The second-order valence-electron chi connectivity index (χ2n) is 8.52. The van der Waals surface area contributed by atoms with Gasteiger partial charge in [0.1, 0.15) is 6.61 Å². The van der Waals surface area contributed by atoms with Gasteiger partial charge in [0.2, 0.25) is 0 Å². The lowest BCUT2D eigenvalue weighted by atomic mass is 9.63. The molecule has 1 aliphatic heterocycles. The minimum Gasteiger partial charge on any atom is -0.493 e. The Morgan fingerprint density at radius 1 is 1.09 bits per heavy atom. The summed E-state index contributed by atoms with van der Waals surface area (Å²) in [5.74, 6) is 0.391. The molecule has 1 saturated carbocycles. The first-order valence-corrected chi connectivity index (χ1v) is 12.0. The monoisotopic (exact) mass is 528 g/mol. The Morgan fingerprint density at radius 3 is 2.30 bits per heavy atom. The molecule has 1 saturated heterocycles. The maximum atomic E-state index is 12.9. The van der Waals surface area contributed by atoms with E-state index in [0.29, 0.717) is 33.2 Å². The molecule has 1 heterocycles. The van der Waals surface area contributed by atoms with Crippen molar-refractivity contribution < 1.29 is 19.1 Å². The van der Waals surface area contributed by atoms with Gasteiger partial charge >= 0.3 is 0 Å². The van der Waals surface area contributed by atoms with Crippen molar-refractivity contribution in [2.45, 2.75) is 19.4 Å². The Labute approximate surface area is 205 Å². The first-order chi connectivity index (χ1) is 16.0. The molecular weight excluding hydrogens is 508 g/mol. The molecule has 4 aliphatic rings. The van der Waals surface area contributed by atoms with Crippen LogP contribution in [0.25, 0.3) is 0 Å². The molecular formula is C25H22BrClN2O4. The summed E-state index contributed by atoms with van der Waals surface area (Å²) >= 11 is 9.47. The van der Waals surface area contributed by atoms with Crippen LogP contribution in [0.2, 0.25) is 5.02 Å². The Morgan fingerprint density at radius 2 is 1.73 bits per heavy atom. The molecule has 4 atom stereocenters. The maximum absolute atomic E-state index is 12.9. The average molecular weight is 530 g/mol. The third-order valence-electron chi connectivity index (χ3n) is 6.61. The number of hydrogen-bond acceptors (Lipinski definition) is 5. The van der Waals surface area contributed by atoms with Gasteiger partial charge in [-0.3, -0.25) is 9.59 Å². The molecule has 0 spiro atoms. The lowest BCUT2D eigenvalue weighted by Crippen LogP contribution is -2.38.